The molecular weight excluding hydrogens is 291 g/mol. The molecule has 106 valence electrons. The van der Waals surface area contributed by atoms with Gasteiger partial charge in [0.05, 0.1) is 5.69 Å². The molecule has 0 fully saturated rings. The molecule has 1 aromatic heterocycles. The summed E-state index contributed by atoms with van der Waals surface area (Å²) in [4.78, 5) is 8.03. The number of hydrazine groups is 1. The summed E-state index contributed by atoms with van der Waals surface area (Å²) in [5.74, 6) is 2.29. The van der Waals surface area contributed by atoms with Crippen molar-refractivity contribution < 1.29 is 13.2 Å². The third-order valence-corrected chi connectivity index (χ3v) is 2.84. The van der Waals surface area contributed by atoms with Gasteiger partial charge in [-0.25, -0.2) is 29.0 Å². The standard InChI is InChI=1S/C11H10F3N5S/c1-20-11-17-8(4-9(18-11)19-15)16-7-3-5(12)2-6(13)10(7)14/h2-4H,15H2,1H3,(H2,16,17,18,19). The lowest BCUT2D eigenvalue weighted by molar-refractivity contribution is 0.498. The van der Waals surface area contributed by atoms with Gasteiger partial charge in [-0.2, -0.15) is 0 Å². The molecule has 0 bridgehead atoms. The molecule has 5 nitrogen and oxygen atoms in total. The van der Waals surface area contributed by atoms with Crippen LogP contribution < -0.4 is 16.6 Å². The van der Waals surface area contributed by atoms with Crippen LogP contribution >= 0.6 is 11.8 Å². The topological polar surface area (TPSA) is 75.9 Å². The first-order valence-electron chi connectivity index (χ1n) is 5.34. The Hall–Kier alpha value is -2.00. The number of anilines is 3. The number of aromatic nitrogens is 2. The molecule has 0 radical (unpaired) electrons. The highest BCUT2D eigenvalue weighted by molar-refractivity contribution is 7.98. The average molecular weight is 301 g/mol. The number of nitrogens with two attached hydrogens (primary N) is 1. The van der Waals surface area contributed by atoms with Gasteiger partial charge in [0.25, 0.3) is 0 Å². The second-order valence-corrected chi connectivity index (χ2v) is 4.42. The number of thioether (sulfide) groups is 1. The summed E-state index contributed by atoms with van der Waals surface area (Å²) >= 11 is 1.23. The van der Waals surface area contributed by atoms with E-state index in [2.05, 4.69) is 20.7 Å². The monoisotopic (exact) mass is 301 g/mol. The molecule has 0 aliphatic carbocycles. The van der Waals surface area contributed by atoms with Crippen molar-refractivity contribution in [3.05, 3.63) is 35.7 Å². The number of rotatable bonds is 4. The third kappa shape index (κ3) is 3.11. The summed E-state index contributed by atoms with van der Waals surface area (Å²) in [6, 6.07) is 2.66. The molecule has 9 heteroatoms. The number of nitrogens with one attached hydrogen (secondary N) is 2. The molecule has 0 saturated heterocycles. The Labute approximate surface area is 116 Å². The van der Waals surface area contributed by atoms with E-state index in [1.807, 2.05) is 0 Å². The molecular formula is C11H10F3N5S. The van der Waals surface area contributed by atoms with E-state index in [1.165, 1.54) is 17.8 Å². The first-order valence-corrected chi connectivity index (χ1v) is 6.57. The number of hydrogen-bond acceptors (Lipinski definition) is 6. The van der Waals surface area contributed by atoms with Crippen LogP contribution in [0.3, 0.4) is 0 Å². The SMILES string of the molecule is CSc1nc(NN)cc(Nc2cc(F)cc(F)c2F)n1. The predicted molar refractivity (Wildman–Crippen MR) is 71.2 cm³/mol. The summed E-state index contributed by atoms with van der Waals surface area (Å²) in [5.41, 5.74) is 1.95. The molecule has 0 aliphatic rings. The predicted octanol–water partition coefficient (Wildman–Crippen LogP) is 2.65. The summed E-state index contributed by atoms with van der Waals surface area (Å²) < 4.78 is 39.7. The van der Waals surface area contributed by atoms with Gasteiger partial charge in [-0.15, -0.1) is 0 Å². The fraction of sp³-hybridized carbons (Fsp3) is 0.0909. The molecule has 1 aromatic carbocycles. The van der Waals surface area contributed by atoms with Crippen molar-refractivity contribution in [1.29, 1.82) is 0 Å². The smallest absolute Gasteiger partial charge is 0.191 e. The van der Waals surface area contributed by atoms with Gasteiger partial charge in [-0.05, 0) is 6.26 Å². The molecule has 0 saturated carbocycles. The Balaban J connectivity index is 2.39. The molecule has 0 atom stereocenters. The van der Waals surface area contributed by atoms with E-state index >= 15 is 0 Å². The molecule has 4 N–H and O–H groups in total. The Bertz CT molecular complexity index is 615. The number of benzene rings is 1. The molecule has 0 aliphatic heterocycles. The second kappa shape index (κ2) is 5.97. The second-order valence-electron chi connectivity index (χ2n) is 3.64. The van der Waals surface area contributed by atoms with E-state index in [-0.39, 0.29) is 17.3 Å². The summed E-state index contributed by atoms with van der Waals surface area (Å²) in [7, 11) is 0. The van der Waals surface area contributed by atoms with Crippen molar-refractivity contribution in [2.24, 2.45) is 5.84 Å². The van der Waals surface area contributed by atoms with Gasteiger partial charge in [-0.1, -0.05) is 11.8 Å². The maximum Gasteiger partial charge on any atom is 0.191 e. The number of hydrogen-bond donors (Lipinski definition) is 3. The third-order valence-electron chi connectivity index (χ3n) is 2.29. The van der Waals surface area contributed by atoms with Gasteiger partial charge in [0.2, 0.25) is 0 Å². The number of halogens is 3. The summed E-state index contributed by atoms with van der Waals surface area (Å²) in [6.07, 6.45) is 1.74. The molecule has 0 amide bonds. The van der Waals surface area contributed by atoms with Gasteiger partial charge in [0, 0.05) is 18.2 Å². The van der Waals surface area contributed by atoms with Crippen LogP contribution in [0, 0.1) is 17.5 Å². The van der Waals surface area contributed by atoms with Crippen LogP contribution in [0.5, 0.6) is 0 Å². The number of nitrogen functional groups attached to an aromatic ring is 1. The Kier molecular flexibility index (Phi) is 4.30. The van der Waals surface area contributed by atoms with Crippen LogP contribution in [0.2, 0.25) is 0 Å². The van der Waals surface area contributed by atoms with Crippen LogP contribution in [0.15, 0.2) is 23.4 Å². The Morgan fingerprint density at radius 2 is 1.80 bits per heavy atom. The summed E-state index contributed by atoms with van der Waals surface area (Å²) in [5, 5.41) is 2.85. The van der Waals surface area contributed by atoms with E-state index in [1.54, 1.807) is 6.26 Å². The molecule has 2 rings (SSSR count). The van der Waals surface area contributed by atoms with Crippen LogP contribution in [0.1, 0.15) is 0 Å². The first-order chi connectivity index (χ1) is 9.53. The zero-order valence-electron chi connectivity index (χ0n) is 10.2. The van der Waals surface area contributed by atoms with Gasteiger partial charge < -0.3 is 10.7 Å². The van der Waals surface area contributed by atoms with Gasteiger partial charge in [-0.3, -0.25) is 0 Å². The normalized spacial score (nSPS) is 10.4. The van der Waals surface area contributed by atoms with Crippen molar-refractivity contribution in [2.75, 3.05) is 17.0 Å². The Morgan fingerprint density at radius 3 is 2.45 bits per heavy atom. The lowest BCUT2D eigenvalue weighted by atomic mass is 10.3. The first kappa shape index (κ1) is 14.4. The van der Waals surface area contributed by atoms with Gasteiger partial charge in [0.15, 0.2) is 16.8 Å². The fourth-order valence-electron chi connectivity index (χ4n) is 1.44. The maximum absolute atomic E-state index is 13.5. The highest BCUT2D eigenvalue weighted by Gasteiger charge is 2.12. The zero-order valence-corrected chi connectivity index (χ0v) is 11.1. The van der Waals surface area contributed by atoms with Crippen molar-refractivity contribution in [3.8, 4) is 0 Å². The van der Waals surface area contributed by atoms with Crippen LogP contribution in [-0.2, 0) is 0 Å². The minimum atomic E-state index is -1.29. The fourth-order valence-corrected chi connectivity index (χ4v) is 1.82. The Morgan fingerprint density at radius 1 is 1.10 bits per heavy atom. The minimum absolute atomic E-state index is 0.154. The van der Waals surface area contributed by atoms with Crippen LogP contribution in [0.4, 0.5) is 30.5 Å². The maximum atomic E-state index is 13.5. The van der Waals surface area contributed by atoms with E-state index in [0.717, 1.165) is 6.07 Å². The largest absolute Gasteiger partial charge is 0.337 e. The lowest BCUT2D eigenvalue weighted by Crippen LogP contribution is -2.10. The number of nitrogens with zero attached hydrogens (tertiary/aromatic N) is 2. The van der Waals surface area contributed by atoms with E-state index in [0.29, 0.717) is 11.2 Å². The highest BCUT2D eigenvalue weighted by atomic mass is 32.2. The zero-order chi connectivity index (χ0) is 14.7. The van der Waals surface area contributed by atoms with Crippen molar-refractivity contribution in [3.63, 3.8) is 0 Å². The van der Waals surface area contributed by atoms with Crippen molar-refractivity contribution >= 4 is 29.1 Å². The van der Waals surface area contributed by atoms with E-state index in [9.17, 15) is 13.2 Å². The molecule has 1 heterocycles. The van der Waals surface area contributed by atoms with E-state index in [4.69, 9.17) is 5.84 Å². The molecule has 20 heavy (non-hydrogen) atoms. The quantitative estimate of drug-likeness (QED) is 0.265. The minimum Gasteiger partial charge on any atom is -0.337 e. The average Bonchev–Trinajstić information content (AvgIpc) is 2.43. The van der Waals surface area contributed by atoms with Crippen molar-refractivity contribution in [2.45, 2.75) is 5.16 Å². The van der Waals surface area contributed by atoms with Crippen LogP contribution in [0.25, 0.3) is 0 Å². The van der Waals surface area contributed by atoms with Gasteiger partial charge >= 0.3 is 0 Å². The van der Waals surface area contributed by atoms with Crippen molar-refractivity contribution in [1.82, 2.24) is 9.97 Å². The molecule has 2 aromatic rings. The molecule has 0 spiro atoms. The van der Waals surface area contributed by atoms with Crippen LogP contribution in [-0.4, -0.2) is 16.2 Å². The van der Waals surface area contributed by atoms with Gasteiger partial charge in [0.1, 0.15) is 17.5 Å². The lowest BCUT2D eigenvalue weighted by Gasteiger charge is -2.10. The summed E-state index contributed by atoms with van der Waals surface area (Å²) in [6.45, 7) is 0. The van der Waals surface area contributed by atoms with E-state index < -0.39 is 17.5 Å². The molecule has 0 unspecified atom stereocenters. The highest BCUT2D eigenvalue weighted by Crippen LogP contribution is 2.24.